The van der Waals surface area contributed by atoms with E-state index in [9.17, 15) is 23.8 Å². The molecule has 1 aliphatic rings. The molecule has 0 saturated heterocycles. The van der Waals surface area contributed by atoms with Crippen LogP contribution in [-0.2, 0) is 25.5 Å². The van der Waals surface area contributed by atoms with Gasteiger partial charge in [0.15, 0.2) is 5.82 Å². The molecule has 0 spiro atoms. The monoisotopic (exact) mass is 762 g/mol. The first-order valence-electron chi connectivity index (χ1n) is 18.5. The number of carbonyl (C=O) groups excluding carboxylic acids is 2. The maximum atomic E-state index is 14.9. The van der Waals surface area contributed by atoms with Crippen molar-refractivity contribution in [3.8, 4) is 5.75 Å². The first kappa shape index (κ1) is 42.2. The van der Waals surface area contributed by atoms with Crippen LogP contribution in [0.3, 0.4) is 0 Å². The molecule has 0 bridgehead atoms. The number of hydrogen-bond donors (Lipinski definition) is 4. The second kappa shape index (κ2) is 19.7. The van der Waals surface area contributed by atoms with Crippen LogP contribution in [0.2, 0.25) is 0 Å². The molecule has 55 heavy (non-hydrogen) atoms. The third-order valence-corrected chi connectivity index (χ3v) is 8.44. The summed E-state index contributed by atoms with van der Waals surface area (Å²) in [5.74, 6) is -1.03. The SMILES string of the molecule is CCC[C@@H]1CC(C(=N)c2ccccc2NCc2c(F)cc(OCC)cc2F)=NC(Nc2ccncc2C)=C1OCCCOC(=O)[C@H](C)NC(=O)OC(C)(C)C. The lowest BCUT2D eigenvalue weighted by Gasteiger charge is -2.29. The van der Waals surface area contributed by atoms with Crippen LogP contribution in [0, 0.1) is 29.9 Å². The highest BCUT2D eigenvalue weighted by molar-refractivity contribution is 6.48. The van der Waals surface area contributed by atoms with E-state index in [-0.39, 0.29) is 49.3 Å². The standard InChI is InChI=1S/C41H52F2N6O6/c1-8-13-27-20-35(36(44)29-14-10-11-15-34(29)46-24-30-31(42)21-28(52-9-2)22-32(30)43)49-38(48-33-16-17-45-23-25(33)3)37(27)53-18-12-19-54-39(50)26(4)47-40(51)55-41(5,6)7/h10-11,14-17,21-23,26-27,44,46H,8-9,12-13,18-20,24H2,1-7H3,(H,45,48)(H,47,51)/t26-,27+/m0/s1. The Labute approximate surface area is 321 Å². The molecule has 2 atom stereocenters. The number of aromatic nitrogens is 1. The van der Waals surface area contributed by atoms with Gasteiger partial charge in [-0.1, -0.05) is 31.5 Å². The van der Waals surface area contributed by atoms with Gasteiger partial charge in [-0.25, -0.2) is 23.4 Å². The molecular formula is C41H52F2N6O6. The Morgan fingerprint density at radius 3 is 2.44 bits per heavy atom. The molecule has 0 saturated carbocycles. The lowest BCUT2D eigenvalue weighted by atomic mass is 9.88. The van der Waals surface area contributed by atoms with Gasteiger partial charge in [0.1, 0.15) is 34.8 Å². The Kier molecular flexibility index (Phi) is 15.1. The van der Waals surface area contributed by atoms with Gasteiger partial charge in [-0.15, -0.1) is 0 Å². The van der Waals surface area contributed by atoms with E-state index in [1.807, 2.05) is 13.0 Å². The number of amides is 1. The number of allylic oxidation sites excluding steroid dienone is 1. The van der Waals surface area contributed by atoms with Crippen LogP contribution in [0.4, 0.5) is 25.0 Å². The molecule has 4 N–H and O–H groups in total. The van der Waals surface area contributed by atoms with Gasteiger partial charge >= 0.3 is 12.1 Å². The Hall–Kier alpha value is -5.53. The predicted molar refractivity (Wildman–Crippen MR) is 209 cm³/mol. The van der Waals surface area contributed by atoms with Crippen molar-refractivity contribution in [2.24, 2.45) is 10.9 Å². The summed E-state index contributed by atoms with van der Waals surface area (Å²) in [4.78, 5) is 33.7. The van der Waals surface area contributed by atoms with Crippen molar-refractivity contribution in [1.82, 2.24) is 10.3 Å². The largest absolute Gasteiger partial charge is 0.494 e. The highest BCUT2D eigenvalue weighted by Gasteiger charge is 2.30. The van der Waals surface area contributed by atoms with E-state index >= 15 is 0 Å². The van der Waals surface area contributed by atoms with E-state index in [4.69, 9.17) is 23.9 Å². The van der Waals surface area contributed by atoms with Gasteiger partial charge in [-0.2, -0.15) is 0 Å². The molecule has 3 aromatic rings. The zero-order valence-electron chi connectivity index (χ0n) is 32.6. The molecule has 1 aromatic heterocycles. The number of benzene rings is 2. The molecule has 2 aromatic carbocycles. The maximum absolute atomic E-state index is 14.9. The minimum atomic E-state index is -0.900. The van der Waals surface area contributed by atoms with Crippen LogP contribution in [-0.4, -0.2) is 59.9 Å². The van der Waals surface area contributed by atoms with Gasteiger partial charge in [-0.05, 0) is 65.7 Å². The van der Waals surface area contributed by atoms with E-state index in [0.29, 0.717) is 41.4 Å². The summed E-state index contributed by atoms with van der Waals surface area (Å²) < 4.78 is 52.0. The van der Waals surface area contributed by atoms with Crippen molar-refractivity contribution in [3.05, 3.63) is 94.8 Å². The Bertz CT molecular complexity index is 1870. The molecule has 1 aliphatic heterocycles. The molecule has 14 heteroatoms. The molecule has 296 valence electrons. The Morgan fingerprint density at radius 2 is 1.76 bits per heavy atom. The quantitative estimate of drug-likeness (QED) is 0.0567. The van der Waals surface area contributed by atoms with Crippen LogP contribution in [0.1, 0.15) is 83.9 Å². The predicted octanol–water partition coefficient (Wildman–Crippen LogP) is 8.45. The summed E-state index contributed by atoms with van der Waals surface area (Å²) in [6.45, 7) is 12.8. The lowest BCUT2D eigenvalue weighted by Crippen LogP contribution is -2.42. The zero-order valence-corrected chi connectivity index (χ0v) is 32.6. The highest BCUT2D eigenvalue weighted by Crippen LogP contribution is 2.34. The third kappa shape index (κ3) is 12.2. The number of aryl methyl sites for hydroxylation is 1. The van der Waals surface area contributed by atoms with Crippen molar-refractivity contribution in [2.75, 3.05) is 30.5 Å². The third-order valence-electron chi connectivity index (χ3n) is 8.44. The van der Waals surface area contributed by atoms with Crippen molar-refractivity contribution < 1.29 is 37.3 Å². The van der Waals surface area contributed by atoms with E-state index in [1.54, 1.807) is 64.4 Å². The number of hydrogen-bond acceptors (Lipinski definition) is 11. The van der Waals surface area contributed by atoms with Gasteiger partial charge in [0, 0.05) is 72.3 Å². The molecular weight excluding hydrogens is 710 g/mol. The number of carbonyl (C=O) groups is 2. The van der Waals surface area contributed by atoms with E-state index in [1.165, 1.54) is 6.92 Å². The first-order valence-corrected chi connectivity index (χ1v) is 18.5. The highest BCUT2D eigenvalue weighted by atomic mass is 19.1. The van der Waals surface area contributed by atoms with Gasteiger partial charge in [0.2, 0.25) is 0 Å². The average molecular weight is 763 g/mol. The summed E-state index contributed by atoms with van der Waals surface area (Å²) in [6, 6.07) is 10.4. The summed E-state index contributed by atoms with van der Waals surface area (Å²) in [7, 11) is 0. The van der Waals surface area contributed by atoms with Crippen LogP contribution in [0.5, 0.6) is 5.75 Å². The molecule has 0 unspecified atom stereocenters. The Balaban J connectivity index is 1.53. The molecule has 0 radical (unpaired) electrons. The number of aliphatic imine (C=N–C) groups is 1. The van der Waals surface area contributed by atoms with Gasteiger partial charge < -0.3 is 34.9 Å². The molecule has 0 fully saturated rings. The van der Waals surface area contributed by atoms with Crippen LogP contribution < -0.4 is 20.7 Å². The second-order valence-electron chi connectivity index (χ2n) is 14.1. The number of esters is 1. The number of halogens is 2. The molecule has 0 aliphatic carbocycles. The number of nitrogens with one attached hydrogen (secondary N) is 4. The van der Waals surface area contributed by atoms with Crippen molar-refractivity contribution >= 4 is 34.9 Å². The minimum Gasteiger partial charge on any atom is -0.494 e. The number of para-hydroxylation sites is 1. The second-order valence-corrected chi connectivity index (χ2v) is 14.1. The fourth-order valence-corrected chi connectivity index (χ4v) is 5.79. The number of anilines is 2. The summed E-state index contributed by atoms with van der Waals surface area (Å²) in [6.07, 6.45) is 5.03. The van der Waals surface area contributed by atoms with Gasteiger partial charge in [0.05, 0.1) is 31.2 Å². The van der Waals surface area contributed by atoms with E-state index in [2.05, 4.69) is 27.9 Å². The van der Waals surface area contributed by atoms with Crippen molar-refractivity contribution in [2.45, 2.75) is 92.3 Å². The Morgan fingerprint density at radius 1 is 1.04 bits per heavy atom. The number of rotatable bonds is 18. The summed E-state index contributed by atoms with van der Waals surface area (Å²) in [5, 5.41) is 18.3. The number of alkyl carbamates (subject to hydrolysis) is 1. The van der Waals surface area contributed by atoms with Gasteiger partial charge in [0.25, 0.3) is 0 Å². The number of ether oxygens (including phenoxy) is 4. The van der Waals surface area contributed by atoms with Gasteiger partial charge in [-0.3, -0.25) is 10.4 Å². The summed E-state index contributed by atoms with van der Waals surface area (Å²) in [5.41, 5.74) is 2.49. The fourth-order valence-electron chi connectivity index (χ4n) is 5.79. The fraction of sp³-hybridized carbons (Fsp3) is 0.439. The molecule has 4 rings (SSSR count). The zero-order chi connectivity index (χ0) is 40.1. The van der Waals surface area contributed by atoms with E-state index in [0.717, 1.165) is 36.2 Å². The smallest absolute Gasteiger partial charge is 0.408 e. The lowest BCUT2D eigenvalue weighted by molar-refractivity contribution is -0.146. The number of pyridine rings is 1. The molecule has 12 nitrogen and oxygen atoms in total. The maximum Gasteiger partial charge on any atom is 0.408 e. The van der Waals surface area contributed by atoms with Crippen LogP contribution in [0.25, 0.3) is 0 Å². The van der Waals surface area contributed by atoms with E-state index < -0.39 is 35.3 Å². The number of nitrogens with zero attached hydrogens (tertiary/aromatic N) is 2. The van der Waals surface area contributed by atoms with Crippen molar-refractivity contribution in [1.29, 1.82) is 5.41 Å². The molecule has 2 heterocycles. The van der Waals surface area contributed by atoms with Crippen LogP contribution >= 0.6 is 0 Å². The topological polar surface area (TPSA) is 156 Å². The summed E-state index contributed by atoms with van der Waals surface area (Å²) >= 11 is 0. The normalized spacial score (nSPS) is 14.7. The minimum absolute atomic E-state index is 0.0600. The van der Waals surface area contributed by atoms with Crippen LogP contribution in [0.15, 0.2) is 71.4 Å². The van der Waals surface area contributed by atoms with Crippen molar-refractivity contribution in [3.63, 3.8) is 0 Å². The molecule has 1 amide bonds. The average Bonchev–Trinajstić information content (AvgIpc) is 3.12. The first-order chi connectivity index (χ1) is 26.2.